The molecule has 0 heterocycles. The lowest BCUT2D eigenvalue weighted by molar-refractivity contribution is 1.46. The summed E-state index contributed by atoms with van der Waals surface area (Å²) in [6, 6.07) is 89.3. The van der Waals surface area contributed by atoms with Crippen LogP contribution < -0.4 is 0 Å². The summed E-state index contributed by atoms with van der Waals surface area (Å²) in [6.45, 7) is 4.49. The van der Waals surface area contributed by atoms with Gasteiger partial charge < -0.3 is 0 Å². The molecule has 0 N–H and O–H groups in total. The fourth-order valence-corrected chi connectivity index (χ4v) is 9.65. The van der Waals surface area contributed by atoms with Crippen LogP contribution in [0.1, 0.15) is 11.1 Å². The van der Waals surface area contributed by atoms with Crippen molar-refractivity contribution in [3.05, 3.63) is 254 Å². The summed E-state index contributed by atoms with van der Waals surface area (Å²) in [5.41, 5.74) is 21.9. The van der Waals surface area contributed by atoms with Crippen molar-refractivity contribution in [2.24, 2.45) is 0 Å². The summed E-state index contributed by atoms with van der Waals surface area (Å²) in [7, 11) is 0. The third kappa shape index (κ3) is 7.30. The zero-order valence-electron chi connectivity index (χ0n) is 36.1. The quantitative estimate of drug-likeness (QED) is 0.134. The van der Waals surface area contributed by atoms with Gasteiger partial charge in [-0.3, -0.25) is 0 Å². The standard InChI is InChI=1S/C64H46/c1-43-19-15-17-29-57(43)63-59-33-31-50(56-39-53(47-25-11-5-12-26-47)36-54(40-56)48-27-13-6-14-28-48)42-62(59)64(58-30-18-16-20-44(58)2)60-34-32-49(41-61(60)63)55-37-51(45-21-7-3-8-22-45)35-52(38-55)46-23-9-4-10-24-46/h3-42H,1-2H3. The van der Waals surface area contributed by atoms with E-state index in [2.05, 4.69) is 257 Å². The molecule has 0 heteroatoms. The highest BCUT2D eigenvalue weighted by Crippen LogP contribution is 2.48. The molecule has 11 rings (SSSR count). The van der Waals surface area contributed by atoms with Gasteiger partial charge in [-0.1, -0.05) is 194 Å². The molecule has 0 aliphatic heterocycles. The number of benzene rings is 11. The third-order valence-corrected chi connectivity index (χ3v) is 12.9. The Bertz CT molecular complexity index is 3120. The van der Waals surface area contributed by atoms with E-state index in [0.717, 1.165) is 0 Å². The van der Waals surface area contributed by atoms with E-state index < -0.39 is 0 Å². The molecule has 0 radical (unpaired) electrons. The molecule has 0 saturated heterocycles. The minimum absolute atomic E-state index is 1.19. The SMILES string of the molecule is Cc1ccccc1-c1c2ccc(-c3cc(-c4ccccc4)cc(-c4ccccc4)c3)cc2c(-c2ccccc2C)c2ccc(-c3cc(-c4ccccc4)cc(-c4ccccc4)c3)cc12. The Morgan fingerprint density at radius 2 is 0.453 bits per heavy atom. The molecule has 0 aromatic heterocycles. The molecule has 64 heavy (non-hydrogen) atoms. The van der Waals surface area contributed by atoms with Crippen LogP contribution in [0, 0.1) is 13.8 Å². The second-order valence-corrected chi connectivity index (χ2v) is 17.0. The smallest absolute Gasteiger partial charge is 0.00235 e. The Balaban J connectivity index is 1.20. The van der Waals surface area contributed by atoms with Crippen LogP contribution >= 0.6 is 0 Å². The molecule has 11 aromatic carbocycles. The van der Waals surface area contributed by atoms with Crippen LogP contribution in [0.2, 0.25) is 0 Å². The maximum Gasteiger partial charge on any atom is -0.00235 e. The largest absolute Gasteiger partial charge is 0.0622 e. The van der Waals surface area contributed by atoms with Gasteiger partial charge in [0, 0.05) is 0 Å². The normalized spacial score (nSPS) is 11.3. The molecule has 0 spiro atoms. The van der Waals surface area contributed by atoms with Gasteiger partial charge in [0.15, 0.2) is 0 Å². The van der Waals surface area contributed by atoms with E-state index >= 15 is 0 Å². The van der Waals surface area contributed by atoms with Gasteiger partial charge in [-0.2, -0.15) is 0 Å². The third-order valence-electron chi connectivity index (χ3n) is 12.9. The first kappa shape index (κ1) is 38.8. The van der Waals surface area contributed by atoms with E-state index in [1.807, 2.05) is 0 Å². The molecule has 0 bridgehead atoms. The molecule has 0 aliphatic carbocycles. The van der Waals surface area contributed by atoms with Crippen LogP contribution in [0.4, 0.5) is 0 Å². The first-order valence-corrected chi connectivity index (χ1v) is 22.2. The first-order chi connectivity index (χ1) is 31.6. The summed E-state index contributed by atoms with van der Waals surface area (Å²) in [6.07, 6.45) is 0. The molecule has 0 unspecified atom stereocenters. The number of hydrogen-bond donors (Lipinski definition) is 0. The molecular weight excluding hydrogens is 769 g/mol. The highest BCUT2D eigenvalue weighted by molar-refractivity contribution is 6.23. The zero-order chi connectivity index (χ0) is 43.0. The van der Waals surface area contributed by atoms with Crippen molar-refractivity contribution in [3.8, 4) is 89.0 Å². The van der Waals surface area contributed by atoms with E-state index in [1.54, 1.807) is 0 Å². The van der Waals surface area contributed by atoms with Crippen LogP contribution in [0.25, 0.3) is 111 Å². The Morgan fingerprint density at radius 3 is 0.750 bits per heavy atom. The van der Waals surface area contributed by atoms with E-state index in [1.165, 1.54) is 122 Å². The number of fused-ring (bicyclic) bond motifs is 2. The van der Waals surface area contributed by atoms with Crippen molar-refractivity contribution >= 4 is 21.5 Å². The van der Waals surface area contributed by atoms with E-state index in [4.69, 9.17) is 0 Å². The van der Waals surface area contributed by atoms with Crippen LogP contribution in [0.15, 0.2) is 243 Å². The van der Waals surface area contributed by atoms with Gasteiger partial charge >= 0.3 is 0 Å². The highest BCUT2D eigenvalue weighted by atomic mass is 14.2. The van der Waals surface area contributed by atoms with Crippen molar-refractivity contribution in [2.75, 3.05) is 0 Å². The predicted octanol–water partition coefficient (Wildman–Crippen LogP) is 17.9. The first-order valence-electron chi connectivity index (χ1n) is 22.2. The number of rotatable bonds is 8. The van der Waals surface area contributed by atoms with E-state index in [-0.39, 0.29) is 0 Å². The van der Waals surface area contributed by atoms with E-state index in [9.17, 15) is 0 Å². The topological polar surface area (TPSA) is 0 Å². The van der Waals surface area contributed by atoms with Crippen molar-refractivity contribution in [1.29, 1.82) is 0 Å². The molecule has 0 amide bonds. The molecule has 0 atom stereocenters. The molecule has 302 valence electrons. The number of aryl methyl sites for hydroxylation is 2. The molecule has 0 fully saturated rings. The fourth-order valence-electron chi connectivity index (χ4n) is 9.65. The Labute approximate surface area is 376 Å². The van der Waals surface area contributed by atoms with Gasteiger partial charge in [-0.25, -0.2) is 0 Å². The van der Waals surface area contributed by atoms with Gasteiger partial charge in [0.1, 0.15) is 0 Å². The van der Waals surface area contributed by atoms with Gasteiger partial charge in [-0.05, 0) is 184 Å². The summed E-state index contributed by atoms with van der Waals surface area (Å²) < 4.78 is 0. The molecule has 11 aromatic rings. The lowest BCUT2D eigenvalue weighted by Gasteiger charge is -2.21. The Kier molecular flexibility index (Phi) is 10.1. The summed E-state index contributed by atoms with van der Waals surface area (Å²) in [5.74, 6) is 0. The lowest BCUT2D eigenvalue weighted by Crippen LogP contribution is -1.95. The van der Waals surface area contributed by atoms with Crippen LogP contribution in [0.3, 0.4) is 0 Å². The maximum atomic E-state index is 2.46. The van der Waals surface area contributed by atoms with Crippen molar-refractivity contribution in [1.82, 2.24) is 0 Å². The minimum atomic E-state index is 1.19. The minimum Gasteiger partial charge on any atom is -0.0622 e. The zero-order valence-corrected chi connectivity index (χ0v) is 36.1. The molecular formula is C64H46. The van der Waals surface area contributed by atoms with Crippen LogP contribution in [-0.4, -0.2) is 0 Å². The van der Waals surface area contributed by atoms with Crippen molar-refractivity contribution in [3.63, 3.8) is 0 Å². The van der Waals surface area contributed by atoms with Crippen molar-refractivity contribution < 1.29 is 0 Å². The molecule has 0 aliphatic rings. The Hall–Kier alpha value is -8.06. The summed E-state index contributed by atoms with van der Waals surface area (Å²) >= 11 is 0. The predicted molar refractivity (Wildman–Crippen MR) is 274 cm³/mol. The van der Waals surface area contributed by atoms with Crippen molar-refractivity contribution in [2.45, 2.75) is 13.8 Å². The summed E-state index contributed by atoms with van der Waals surface area (Å²) in [4.78, 5) is 0. The summed E-state index contributed by atoms with van der Waals surface area (Å²) in [5, 5.41) is 4.97. The van der Waals surface area contributed by atoms with Gasteiger partial charge in [0.2, 0.25) is 0 Å². The van der Waals surface area contributed by atoms with Crippen LogP contribution in [-0.2, 0) is 0 Å². The second kappa shape index (κ2) is 16.7. The van der Waals surface area contributed by atoms with Gasteiger partial charge in [0.05, 0.1) is 0 Å². The lowest BCUT2D eigenvalue weighted by atomic mass is 9.82. The second-order valence-electron chi connectivity index (χ2n) is 17.0. The van der Waals surface area contributed by atoms with Crippen LogP contribution in [0.5, 0.6) is 0 Å². The average Bonchev–Trinajstić information content (AvgIpc) is 3.36. The highest BCUT2D eigenvalue weighted by Gasteiger charge is 2.21. The van der Waals surface area contributed by atoms with Gasteiger partial charge in [0.25, 0.3) is 0 Å². The average molecular weight is 815 g/mol. The molecule has 0 saturated carbocycles. The fraction of sp³-hybridized carbons (Fsp3) is 0.0312. The van der Waals surface area contributed by atoms with E-state index in [0.29, 0.717) is 0 Å². The van der Waals surface area contributed by atoms with Gasteiger partial charge in [-0.15, -0.1) is 0 Å². The monoisotopic (exact) mass is 814 g/mol. The molecule has 0 nitrogen and oxygen atoms in total. The Morgan fingerprint density at radius 1 is 0.188 bits per heavy atom. The maximum absolute atomic E-state index is 2.46. The number of hydrogen-bond acceptors (Lipinski definition) is 0.